The summed E-state index contributed by atoms with van der Waals surface area (Å²) in [5, 5.41) is 5.63. The lowest BCUT2D eigenvalue weighted by Gasteiger charge is -2.17. The molecule has 0 aliphatic heterocycles. The number of urea groups is 1. The van der Waals surface area contributed by atoms with Crippen molar-refractivity contribution in [2.75, 3.05) is 12.4 Å². The number of nitrogens with zero attached hydrogens (tertiary/aromatic N) is 2. The first-order valence-corrected chi connectivity index (χ1v) is 10.3. The van der Waals surface area contributed by atoms with E-state index in [1.165, 1.54) is 7.11 Å². The van der Waals surface area contributed by atoms with Gasteiger partial charge in [0.25, 0.3) is 0 Å². The fourth-order valence-electron chi connectivity index (χ4n) is 3.52. The molecule has 4 aromatic rings. The van der Waals surface area contributed by atoms with Crippen LogP contribution in [0.15, 0.2) is 79.0 Å². The Morgan fingerprint density at radius 1 is 1.00 bits per heavy atom. The molecule has 1 unspecified atom stereocenters. The number of nitrogens with one attached hydrogen (secondary N) is 2. The number of methoxy groups -OCH3 is 1. The Kier molecular flexibility index (Phi) is 6.17. The van der Waals surface area contributed by atoms with Gasteiger partial charge in [0.15, 0.2) is 0 Å². The molecule has 162 valence electrons. The monoisotopic (exact) mass is 428 g/mol. The van der Waals surface area contributed by atoms with Crippen LogP contribution in [0.1, 0.15) is 11.1 Å². The average molecular weight is 428 g/mol. The summed E-state index contributed by atoms with van der Waals surface area (Å²) in [7, 11) is 1.31. The maximum absolute atomic E-state index is 12.9. The van der Waals surface area contributed by atoms with Crippen LogP contribution in [0.3, 0.4) is 0 Å². The first-order valence-electron chi connectivity index (χ1n) is 10.3. The van der Waals surface area contributed by atoms with Gasteiger partial charge in [-0.2, -0.15) is 0 Å². The highest BCUT2D eigenvalue weighted by atomic mass is 16.5. The van der Waals surface area contributed by atoms with E-state index in [2.05, 4.69) is 10.6 Å². The van der Waals surface area contributed by atoms with Crippen molar-refractivity contribution in [1.82, 2.24) is 14.7 Å². The summed E-state index contributed by atoms with van der Waals surface area (Å²) in [4.78, 5) is 29.9. The zero-order chi connectivity index (χ0) is 22.5. The molecule has 0 aliphatic carbocycles. The Labute approximate surface area is 186 Å². The number of carbonyl (C=O) groups is 2. The molecule has 0 saturated heterocycles. The van der Waals surface area contributed by atoms with Crippen molar-refractivity contribution in [2.24, 2.45) is 0 Å². The summed E-state index contributed by atoms with van der Waals surface area (Å²) in [6.07, 6.45) is 2.15. The minimum atomic E-state index is -0.829. The smallest absolute Gasteiger partial charge is 0.328 e. The van der Waals surface area contributed by atoms with E-state index in [9.17, 15) is 9.59 Å². The number of esters is 1. The fraction of sp³-hybridized carbons (Fsp3) is 0.160. The van der Waals surface area contributed by atoms with Crippen molar-refractivity contribution in [3.05, 3.63) is 90.1 Å². The number of benzene rings is 2. The highest BCUT2D eigenvalue weighted by Gasteiger charge is 2.23. The van der Waals surface area contributed by atoms with Crippen LogP contribution in [0.4, 0.5) is 10.6 Å². The SMILES string of the molecule is COC(=O)C(Cc1ccccc1)NC(=O)Nc1c(-c2ccc(C)cc2)nc2ccccn12. The normalized spacial score (nSPS) is 11.7. The van der Waals surface area contributed by atoms with Crippen LogP contribution in [0.2, 0.25) is 0 Å². The number of aryl methyl sites for hydroxylation is 1. The van der Waals surface area contributed by atoms with Gasteiger partial charge in [-0.05, 0) is 24.6 Å². The molecule has 32 heavy (non-hydrogen) atoms. The van der Waals surface area contributed by atoms with E-state index in [4.69, 9.17) is 9.72 Å². The van der Waals surface area contributed by atoms with Gasteiger partial charge in [-0.15, -0.1) is 0 Å². The largest absolute Gasteiger partial charge is 0.467 e. The number of hydrogen-bond donors (Lipinski definition) is 2. The summed E-state index contributed by atoms with van der Waals surface area (Å²) in [5.74, 6) is 0.00573. The Bertz CT molecular complexity index is 1230. The number of rotatable bonds is 6. The molecule has 0 saturated carbocycles. The molecule has 2 aromatic carbocycles. The zero-order valence-electron chi connectivity index (χ0n) is 17.9. The second-order valence-corrected chi connectivity index (χ2v) is 7.47. The summed E-state index contributed by atoms with van der Waals surface area (Å²) in [6, 6.07) is 21.7. The fourth-order valence-corrected chi connectivity index (χ4v) is 3.52. The lowest BCUT2D eigenvalue weighted by molar-refractivity contribution is -0.142. The third-order valence-electron chi connectivity index (χ3n) is 5.16. The number of hydrogen-bond acceptors (Lipinski definition) is 4. The van der Waals surface area contributed by atoms with Crippen LogP contribution >= 0.6 is 0 Å². The van der Waals surface area contributed by atoms with E-state index in [0.29, 0.717) is 23.6 Å². The maximum Gasteiger partial charge on any atom is 0.328 e. The second-order valence-electron chi connectivity index (χ2n) is 7.47. The number of anilines is 1. The lowest BCUT2D eigenvalue weighted by atomic mass is 10.1. The molecule has 0 radical (unpaired) electrons. The molecule has 2 N–H and O–H groups in total. The molecule has 0 spiro atoms. The number of carbonyl (C=O) groups excluding carboxylic acids is 2. The molecule has 2 aromatic heterocycles. The predicted molar refractivity (Wildman–Crippen MR) is 123 cm³/mol. The molecule has 4 rings (SSSR count). The first kappa shape index (κ1) is 21.1. The van der Waals surface area contributed by atoms with Gasteiger partial charge < -0.3 is 10.1 Å². The standard InChI is InChI=1S/C25H24N4O3/c1-17-11-13-19(14-12-17)22-23(29-15-7-6-10-21(29)27-22)28-25(31)26-20(24(30)32-2)16-18-8-4-3-5-9-18/h3-15,20H,16H2,1-2H3,(H2,26,28,31). The van der Waals surface area contributed by atoms with Crippen LogP contribution in [-0.4, -0.2) is 34.5 Å². The van der Waals surface area contributed by atoms with Crippen LogP contribution in [0.5, 0.6) is 0 Å². The van der Waals surface area contributed by atoms with Gasteiger partial charge in [-0.25, -0.2) is 14.6 Å². The third-order valence-corrected chi connectivity index (χ3v) is 5.16. The van der Waals surface area contributed by atoms with E-state index in [0.717, 1.165) is 16.7 Å². The predicted octanol–water partition coefficient (Wildman–Crippen LogP) is 4.22. The van der Waals surface area contributed by atoms with Gasteiger partial charge in [0.2, 0.25) is 0 Å². The number of aromatic nitrogens is 2. The van der Waals surface area contributed by atoms with Crippen molar-refractivity contribution in [3.63, 3.8) is 0 Å². The Hall–Kier alpha value is -4.13. The maximum atomic E-state index is 12.9. The lowest BCUT2D eigenvalue weighted by Crippen LogP contribution is -2.45. The Morgan fingerprint density at radius 3 is 2.44 bits per heavy atom. The molecular formula is C25H24N4O3. The van der Waals surface area contributed by atoms with Crippen LogP contribution in [0.25, 0.3) is 16.9 Å². The van der Waals surface area contributed by atoms with E-state index in [1.807, 2.05) is 85.9 Å². The van der Waals surface area contributed by atoms with Gasteiger partial charge in [0, 0.05) is 18.2 Å². The minimum absolute atomic E-state index is 0.318. The van der Waals surface area contributed by atoms with E-state index in [-0.39, 0.29) is 0 Å². The van der Waals surface area contributed by atoms with Gasteiger partial charge in [-0.3, -0.25) is 9.72 Å². The average Bonchev–Trinajstić information content (AvgIpc) is 3.17. The molecule has 2 heterocycles. The van der Waals surface area contributed by atoms with Crippen molar-refractivity contribution >= 4 is 23.5 Å². The summed E-state index contributed by atoms with van der Waals surface area (Å²) in [5.41, 5.74) is 4.27. The van der Waals surface area contributed by atoms with Crippen molar-refractivity contribution in [3.8, 4) is 11.3 Å². The van der Waals surface area contributed by atoms with Gasteiger partial charge >= 0.3 is 12.0 Å². The Balaban J connectivity index is 1.61. The van der Waals surface area contributed by atoms with Gasteiger partial charge in [0.05, 0.1) is 7.11 Å². The van der Waals surface area contributed by atoms with E-state index < -0.39 is 18.0 Å². The van der Waals surface area contributed by atoms with E-state index >= 15 is 0 Å². The zero-order valence-corrected chi connectivity index (χ0v) is 17.9. The van der Waals surface area contributed by atoms with Crippen LogP contribution in [-0.2, 0) is 16.0 Å². The molecule has 7 heteroatoms. The molecule has 0 bridgehead atoms. The minimum Gasteiger partial charge on any atom is -0.467 e. The highest BCUT2D eigenvalue weighted by molar-refractivity contribution is 5.95. The van der Waals surface area contributed by atoms with E-state index in [1.54, 1.807) is 4.40 Å². The number of ether oxygens (including phenoxy) is 1. The Morgan fingerprint density at radius 2 is 1.72 bits per heavy atom. The van der Waals surface area contributed by atoms with Crippen molar-refractivity contribution < 1.29 is 14.3 Å². The first-order chi connectivity index (χ1) is 15.5. The molecule has 0 aliphatic rings. The topological polar surface area (TPSA) is 84.7 Å². The summed E-state index contributed by atoms with van der Waals surface area (Å²) in [6.45, 7) is 2.01. The third kappa shape index (κ3) is 4.62. The van der Waals surface area contributed by atoms with Crippen LogP contribution in [0, 0.1) is 6.92 Å². The van der Waals surface area contributed by atoms with Crippen molar-refractivity contribution in [1.29, 1.82) is 0 Å². The number of imidazole rings is 1. The van der Waals surface area contributed by atoms with Gasteiger partial charge in [-0.1, -0.05) is 66.2 Å². The molecule has 7 nitrogen and oxygen atoms in total. The molecule has 1 atom stereocenters. The number of pyridine rings is 1. The molecule has 0 fully saturated rings. The number of fused-ring (bicyclic) bond motifs is 1. The van der Waals surface area contributed by atoms with Crippen molar-refractivity contribution in [2.45, 2.75) is 19.4 Å². The molecular weight excluding hydrogens is 404 g/mol. The quantitative estimate of drug-likeness (QED) is 0.451. The highest BCUT2D eigenvalue weighted by Crippen LogP contribution is 2.29. The number of amides is 2. The summed E-state index contributed by atoms with van der Waals surface area (Å²) >= 11 is 0. The van der Waals surface area contributed by atoms with Crippen LogP contribution < -0.4 is 10.6 Å². The summed E-state index contributed by atoms with van der Waals surface area (Å²) < 4.78 is 6.70. The van der Waals surface area contributed by atoms with Gasteiger partial charge in [0.1, 0.15) is 23.2 Å². The second kappa shape index (κ2) is 9.34. The molecule has 2 amide bonds.